The maximum atomic E-state index is 13.2. The van der Waals surface area contributed by atoms with Gasteiger partial charge in [-0.3, -0.25) is 14.4 Å². The number of anilines is 2. The highest BCUT2D eigenvalue weighted by atomic mass is 32.2. The molecule has 10 nitrogen and oxygen atoms in total. The lowest BCUT2D eigenvalue weighted by molar-refractivity contribution is 0.102. The van der Waals surface area contributed by atoms with Crippen LogP contribution in [0.2, 0.25) is 0 Å². The van der Waals surface area contributed by atoms with Crippen LogP contribution in [0, 0.1) is 0 Å². The van der Waals surface area contributed by atoms with Crippen molar-refractivity contribution in [2.24, 2.45) is 0 Å². The van der Waals surface area contributed by atoms with Crippen molar-refractivity contribution in [3.63, 3.8) is 0 Å². The highest BCUT2D eigenvalue weighted by molar-refractivity contribution is 7.92. The highest BCUT2D eigenvalue weighted by Gasteiger charge is 2.29. The van der Waals surface area contributed by atoms with E-state index in [1.165, 1.54) is 28.6 Å². The first-order chi connectivity index (χ1) is 15.5. The number of carbonyl (C=O) groups is 1. The Bertz CT molecular complexity index is 1370. The monoisotopic (exact) mass is 468 g/mol. The molecule has 32 heavy (non-hydrogen) atoms. The van der Waals surface area contributed by atoms with Gasteiger partial charge in [-0.25, -0.2) is 8.42 Å². The summed E-state index contributed by atoms with van der Waals surface area (Å²) in [4.78, 5) is 12.6. The number of aryl methyl sites for hydroxylation is 1. The van der Waals surface area contributed by atoms with E-state index in [4.69, 9.17) is 4.42 Å². The van der Waals surface area contributed by atoms with Gasteiger partial charge in [0.1, 0.15) is 0 Å². The summed E-state index contributed by atoms with van der Waals surface area (Å²) >= 11 is 1.14. The second kappa shape index (κ2) is 8.13. The summed E-state index contributed by atoms with van der Waals surface area (Å²) in [6.07, 6.45) is 1.59. The van der Waals surface area contributed by atoms with Crippen molar-refractivity contribution in [1.82, 2.24) is 19.8 Å². The zero-order chi connectivity index (χ0) is 22.1. The first-order valence-corrected chi connectivity index (χ1v) is 11.9. The van der Waals surface area contributed by atoms with E-state index in [1.807, 2.05) is 24.3 Å². The molecule has 0 saturated heterocycles. The van der Waals surface area contributed by atoms with Gasteiger partial charge in [0.05, 0.1) is 10.6 Å². The van der Waals surface area contributed by atoms with E-state index < -0.39 is 15.9 Å². The van der Waals surface area contributed by atoms with Crippen molar-refractivity contribution in [3.8, 4) is 11.6 Å². The quantitative estimate of drug-likeness (QED) is 0.473. The molecule has 0 unspecified atom stereocenters. The number of para-hydroxylation sites is 1. The number of nitrogens with zero attached hydrogens (tertiary/aromatic N) is 5. The molecule has 0 fully saturated rings. The van der Waals surface area contributed by atoms with Gasteiger partial charge in [-0.2, -0.15) is 0 Å². The molecule has 1 amide bonds. The van der Waals surface area contributed by atoms with Gasteiger partial charge in [-0.15, -0.1) is 10.2 Å². The minimum absolute atomic E-state index is 0.0976. The van der Waals surface area contributed by atoms with Crippen LogP contribution in [0.1, 0.15) is 22.3 Å². The van der Waals surface area contributed by atoms with Crippen LogP contribution >= 0.6 is 11.5 Å². The lowest BCUT2D eigenvalue weighted by atomic mass is 10.0. The van der Waals surface area contributed by atoms with E-state index in [0.29, 0.717) is 17.9 Å². The van der Waals surface area contributed by atoms with Crippen LogP contribution in [0.5, 0.6) is 0 Å². The smallest absolute Gasteiger partial charge is 0.322 e. The third-order valence-corrected chi connectivity index (χ3v) is 7.33. The summed E-state index contributed by atoms with van der Waals surface area (Å²) in [5.41, 5.74) is 2.36. The van der Waals surface area contributed by atoms with Crippen molar-refractivity contribution >= 4 is 39.2 Å². The molecule has 12 heteroatoms. The molecular formula is C20H16N6O4S2. The Labute approximate surface area is 187 Å². The topological polar surface area (TPSA) is 131 Å². The summed E-state index contributed by atoms with van der Waals surface area (Å²) in [6.45, 7) is 0.412. The van der Waals surface area contributed by atoms with Crippen molar-refractivity contribution in [2.75, 3.05) is 16.2 Å². The fourth-order valence-corrected chi connectivity index (χ4v) is 5.43. The number of hydrogen-bond acceptors (Lipinski definition) is 9. The van der Waals surface area contributed by atoms with E-state index in [-0.39, 0.29) is 22.4 Å². The molecule has 0 atom stereocenters. The van der Waals surface area contributed by atoms with E-state index in [0.717, 1.165) is 29.9 Å². The van der Waals surface area contributed by atoms with E-state index in [9.17, 15) is 13.2 Å². The minimum Gasteiger partial charge on any atom is -0.401 e. The predicted molar refractivity (Wildman–Crippen MR) is 117 cm³/mol. The average molecular weight is 469 g/mol. The Balaban J connectivity index is 1.33. The van der Waals surface area contributed by atoms with Gasteiger partial charge in [0, 0.05) is 17.5 Å². The van der Waals surface area contributed by atoms with Crippen LogP contribution in [-0.4, -0.2) is 40.7 Å². The van der Waals surface area contributed by atoms with Gasteiger partial charge in [0.2, 0.25) is 0 Å². The maximum absolute atomic E-state index is 13.2. The Morgan fingerprint density at radius 1 is 1.06 bits per heavy atom. The summed E-state index contributed by atoms with van der Waals surface area (Å²) in [5, 5.41) is 15.5. The van der Waals surface area contributed by atoms with Crippen molar-refractivity contribution in [3.05, 3.63) is 65.0 Å². The fourth-order valence-electron chi connectivity index (χ4n) is 3.46. The third kappa shape index (κ3) is 3.74. The second-order valence-electron chi connectivity index (χ2n) is 6.99. The summed E-state index contributed by atoms with van der Waals surface area (Å²) in [7, 11) is -3.75. The zero-order valence-corrected chi connectivity index (χ0v) is 18.1. The first kappa shape index (κ1) is 20.3. The molecule has 1 aliphatic heterocycles. The lowest BCUT2D eigenvalue weighted by Crippen LogP contribution is -2.35. The molecule has 5 rings (SSSR count). The molecule has 2 aromatic heterocycles. The number of carbonyl (C=O) groups excluding carboxylic acids is 1. The maximum Gasteiger partial charge on any atom is 0.322 e. The zero-order valence-electron chi connectivity index (χ0n) is 16.5. The lowest BCUT2D eigenvalue weighted by Gasteiger charge is -2.30. The number of benzene rings is 2. The van der Waals surface area contributed by atoms with Crippen LogP contribution in [0.15, 0.2) is 63.2 Å². The van der Waals surface area contributed by atoms with Crippen molar-refractivity contribution < 1.29 is 17.6 Å². The Kier molecular flexibility index (Phi) is 5.15. The van der Waals surface area contributed by atoms with Crippen molar-refractivity contribution in [2.45, 2.75) is 17.7 Å². The van der Waals surface area contributed by atoms with Gasteiger partial charge in [-0.05, 0) is 60.3 Å². The Morgan fingerprint density at radius 2 is 1.88 bits per heavy atom. The van der Waals surface area contributed by atoms with Gasteiger partial charge in [0.25, 0.3) is 21.8 Å². The number of fused-ring (bicyclic) bond motifs is 1. The third-order valence-electron chi connectivity index (χ3n) is 5.00. The minimum atomic E-state index is -3.75. The molecule has 162 valence electrons. The number of rotatable bonds is 5. The predicted octanol–water partition coefficient (Wildman–Crippen LogP) is 2.98. The Morgan fingerprint density at radius 3 is 2.66 bits per heavy atom. The van der Waals surface area contributed by atoms with Crippen LogP contribution in [0.25, 0.3) is 11.6 Å². The number of aromatic nitrogens is 4. The fraction of sp³-hybridized carbons (Fsp3) is 0.150. The molecule has 0 saturated carbocycles. The largest absolute Gasteiger partial charge is 0.401 e. The van der Waals surface area contributed by atoms with Crippen LogP contribution in [0.3, 0.4) is 0 Å². The second-order valence-corrected chi connectivity index (χ2v) is 9.46. The van der Waals surface area contributed by atoms with Gasteiger partial charge < -0.3 is 4.42 Å². The van der Waals surface area contributed by atoms with Gasteiger partial charge in [0.15, 0.2) is 5.69 Å². The standard InChI is InChI=1S/C20H16N6O4S2/c27-18(21-20-24-23-19(30-20)16-12-31-25-22-16)14-7-9-15(10-8-14)32(28,29)26-11-3-5-13-4-1-2-6-17(13)26/h1-2,4,6-10,12H,3,5,11H2,(H,21,24,27). The Hall–Kier alpha value is -3.64. The summed E-state index contributed by atoms with van der Waals surface area (Å²) in [5.74, 6) is -0.374. The molecule has 0 aliphatic carbocycles. The van der Waals surface area contributed by atoms with E-state index >= 15 is 0 Å². The van der Waals surface area contributed by atoms with Crippen molar-refractivity contribution in [1.29, 1.82) is 0 Å². The molecule has 1 N–H and O–H groups in total. The van der Waals surface area contributed by atoms with Crippen LogP contribution in [-0.2, 0) is 16.4 Å². The molecular weight excluding hydrogens is 452 g/mol. The van der Waals surface area contributed by atoms with Gasteiger partial charge in [-0.1, -0.05) is 27.8 Å². The number of sulfonamides is 1. The number of amides is 1. The molecule has 2 aromatic carbocycles. The molecule has 1 aliphatic rings. The summed E-state index contributed by atoms with van der Waals surface area (Å²) < 4.78 is 36.9. The SMILES string of the molecule is O=C(Nc1nnc(-c2csnn2)o1)c1ccc(S(=O)(=O)N2CCCc3ccccc32)cc1. The van der Waals surface area contributed by atoms with Crippen LogP contribution < -0.4 is 9.62 Å². The average Bonchev–Trinajstić information content (AvgIpc) is 3.51. The summed E-state index contributed by atoms with van der Waals surface area (Å²) in [6, 6.07) is 13.1. The van der Waals surface area contributed by atoms with Crippen LogP contribution in [0.4, 0.5) is 11.7 Å². The van der Waals surface area contributed by atoms with E-state index in [2.05, 4.69) is 25.1 Å². The molecule has 3 heterocycles. The molecule has 0 radical (unpaired) electrons. The number of nitrogens with one attached hydrogen (secondary N) is 1. The molecule has 0 spiro atoms. The molecule has 0 bridgehead atoms. The first-order valence-electron chi connectivity index (χ1n) is 9.65. The number of hydrogen-bond donors (Lipinski definition) is 1. The molecule has 4 aromatic rings. The van der Waals surface area contributed by atoms with E-state index in [1.54, 1.807) is 5.38 Å². The van der Waals surface area contributed by atoms with Gasteiger partial charge >= 0.3 is 6.01 Å². The normalized spacial score (nSPS) is 13.6. The highest BCUT2D eigenvalue weighted by Crippen LogP contribution is 2.31.